The fraction of sp³-hybridized carbons (Fsp3) is 0.188. The van der Waals surface area contributed by atoms with Crippen LogP contribution in [-0.2, 0) is 9.53 Å². The maximum Gasteiger partial charge on any atom is 0.392 e. The van der Waals surface area contributed by atoms with Crippen LogP contribution in [0.3, 0.4) is 0 Å². The standard InChI is InChI=1S/C16H13Cl3O4/c1-16(15(20)21-2,22-10-6-4-3-5-7-10)23-12-9-8-11(17)13(18)14(12)19/h3-9H,1-2H3. The lowest BCUT2D eigenvalue weighted by Gasteiger charge is -2.28. The molecule has 0 saturated heterocycles. The molecule has 1 unspecified atom stereocenters. The minimum Gasteiger partial charge on any atom is -0.463 e. The average molecular weight is 376 g/mol. The first kappa shape index (κ1) is 17.7. The van der Waals surface area contributed by atoms with Gasteiger partial charge in [-0.2, -0.15) is 0 Å². The average Bonchev–Trinajstić information content (AvgIpc) is 2.55. The van der Waals surface area contributed by atoms with Crippen LogP contribution in [0, 0.1) is 0 Å². The summed E-state index contributed by atoms with van der Waals surface area (Å²) >= 11 is 18.0. The minimum absolute atomic E-state index is 0.0750. The molecule has 7 heteroatoms. The van der Waals surface area contributed by atoms with Gasteiger partial charge in [0.1, 0.15) is 16.5 Å². The highest BCUT2D eigenvalue weighted by molar-refractivity contribution is 6.48. The zero-order chi connectivity index (χ0) is 17.0. The van der Waals surface area contributed by atoms with Gasteiger partial charge in [-0.25, -0.2) is 4.79 Å². The van der Waals surface area contributed by atoms with Gasteiger partial charge in [-0.05, 0) is 24.3 Å². The molecule has 0 aliphatic heterocycles. The van der Waals surface area contributed by atoms with E-state index in [0.29, 0.717) is 5.75 Å². The molecule has 1 atom stereocenters. The van der Waals surface area contributed by atoms with Crippen LogP contribution in [-0.4, -0.2) is 18.9 Å². The van der Waals surface area contributed by atoms with Gasteiger partial charge in [0.05, 0.1) is 17.2 Å². The summed E-state index contributed by atoms with van der Waals surface area (Å²) in [6.45, 7) is 1.42. The second-order valence-electron chi connectivity index (χ2n) is 4.63. The number of hydrogen-bond donors (Lipinski definition) is 0. The topological polar surface area (TPSA) is 44.8 Å². The Morgan fingerprint density at radius 2 is 1.61 bits per heavy atom. The van der Waals surface area contributed by atoms with Gasteiger partial charge < -0.3 is 14.2 Å². The van der Waals surface area contributed by atoms with Gasteiger partial charge in [0.15, 0.2) is 0 Å². The molecule has 0 fully saturated rings. The molecule has 0 aliphatic rings. The maximum atomic E-state index is 12.1. The maximum absolute atomic E-state index is 12.1. The first-order chi connectivity index (χ1) is 10.9. The Morgan fingerprint density at radius 1 is 0.957 bits per heavy atom. The van der Waals surface area contributed by atoms with Gasteiger partial charge in [-0.1, -0.05) is 53.0 Å². The largest absolute Gasteiger partial charge is 0.463 e. The Hall–Kier alpha value is -1.62. The Bertz CT molecular complexity index is 706. The Balaban J connectivity index is 2.36. The normalized spacial score (nSPS) is 13.1. The predicted octanol–water partition coefficient (Wildman–Crippen LogP) is 4.99. The number of carbonyl (C=O) groups excluding carboxylic acids is 1. The van der Waals surface area contributed by atoms with Gasteiger partial charge >= 0.3 is 11.8 Å². The summed E-state index contributed by atoms with van der Waals surface area (Å²) in [5.41, 5.74) is 0. The van der Waals surface area contributed by atoms with Crippen LogP contribution < -0.4 is 9.47 Å². The van der Waals surface area contributed by atoms with Gasteiger partial charge in [0.2, 0.25) is 0 Å². The van der Waals surface area contributed by atoms with Crippen LogP contribution in [0.15, 0.2) is 42.5 Å². The van der Waals surface area contributed by atoms with Crippen molar-refractivity contribution < 1.29 is 19.0 Å². The molecule has 23 heavy (non-hydrogen) atoms. The van der Waals surface area contributed by atoms with Crippen LogP contribution >= 0.6 is 34.8 Å². The van der Waals surface area contributed by atoms with E-state index in [0.717, 1.165) is 0 Å². The van der Waals surface area contributed by atoms with E-state index in [1.54, 1.807) is 24.3 Å². The highest BCUT2D eigenvalue weighted by atomic mass is 35.5. The van der Waals surface area contributed by atoms with Gasteiger partial charge in [-0.15, -0.1) is 0 Å². The van der Waals surface area contributed by atoms with E-state index >= 15 is 0 Å². The molecule has 0 spiro atoms. The molecular formula is C16H13Cl3O4. The van der Waals surface area contributed by atoms with Gasteiger partial charge in [-0.3, -0.25) is 0 Å². The third-order valence-corrected chi connectivity index (χ3v) is 4.19. The summed E-state index contributed by atoms with van der Waals surface area (Å²) in [4.78, 5) is 12.1. The van der Waals surface area contributed by atoms with Crippen LogP contribution in [0.5, 0.6) is 11.5 Å². The molecule has 2 rings (SSSR count). The fourth-order valence-electron chi connectivity index (χ4n) is 1.80. The Kier molecular flexibility index (Phi) is 5.63. The zero-order valence-electron chi connectivity index (χ0n) is 12.3. The van der Waals surface area contributed by atoms with Crippen molar-refractivity contribution in [2.45, 2.75) is 12.7 Å². The summed E-state index contributed by atoms with van der Waals surface area (Å²) in [5, 5.41) is 0.469. The number of ether oxygens (including phenoxy) is 3. The molecule has 4 nitrogen and oxygen atoms in total. The summed E-state index contributed by atoms with van der Waals surface area (Å²) in [6, 6.07) is 11.7. The molecule has 0 N–H and O–H groups in total. The molecule has 0 aliphatic carbocycles. The SMILES string of the molecule is COC(=O)C(C)(Oc1ccccc1)Oc1ccc(Cl)c(Cl)c1Cl. The van der Waals surface area contributed by atoms with Crippen molar-refractivity contribution in [2.75, 3.05) is 7.11 Å². The third-order valence-electron chi connectivity index (χ3n) is 2.92. The number of benzene rings is 2. The van der Waals surface area contributed by atoms with E-state index in [1.165, 1.54) is 26.2 Å². The molecule has 122 valence electrons. The van der Waals surface area contributed by atoms with E-state index < -0.39 is 11.8 Å². The summed E-state index contributed by atoms with van der Waals surface area (Å²) in [6.07, 6.45) is 0. The molecule has 2 aromatic carbocycles. The quantitative estimate of drug-likeness (QED) is 0.419. The molecule has 0 radical (unpaired) electrons. The summed E-state index contributed by atoms with van der Waals surface area (Å²) < 4.78 is 16.1. The second-order valence-corrected chi connectivity index (χ2v) is 5.79. The lowest BCUT2D eigenvalue weighted by molar-refractivity contribution is -0.184. The van der Waals surface area contributed by atoms with Crippen LogP contribution in [0.25, 0.3) is 0 Å². The Labute approximate surface area is 148 Å². The zero-order valence-corrected chi connectivity index (χ0v) is 14.6. The summed E-state index contributed by atoms with van der Waals surface area (Å²) in [5.74, 6) is -1.92. The van der Waals surface area contributed by atoms with E-state index in [9.17, 15) is 4.79 Å². The second kappa shape index (κ2) is 7.30. The van der Waals surface area contributed by atoms with Crippen molar-refractivity contribution in [1.29, 1.82) is 0 Å². The number of esters is 1. The molecular weight excluding hydrogens is 363 g/mol. The monoisotopic (exact) mass is 374 g/mol. The molecule has 0 aromatic heterocycles. The smallest absolute Gasteiger partial charge is 0.392 e. The number of halogens is 3. The molecule has 2 aromatic rings. The molecule has 0 amide bonds. The van der Waals surface area contributed by atoms with Crippen molar-refractivity contribution in [3.8, 4) is 11.5 Å². The lowest BCUT2D eigenvalue weighted by Crippen LogP contribution is -2.48. The predicted molar refractivity (Wildman–Crippen MR) is 89.6 cm³/mol. The number of carbonyl (C=O) groups is 1. The molecule has 0 heterocycles. The van der Waals surface area contributed by atoms with E-state index in [4.69, 9.17) is 49.0 Å². The molecule has 0 saturated carbocycles. The van der Waals surface area contributed by atoms with Crippen molar-refractivity contribution in [3.63, 3.8) is 0 Å². The van der Waals surface area contributed by atoms with Crippen molar-refractivity contribution in [2.24, 2.45) is 0 Å². The first-order valence-electron chi connectivity index (χ1n) is 6.52. The van der Waals surface area contributed by atoms with Crippen molar-refractivity contribution >= 4 is 40.8 Å². The molecule has 0 bridgehead atoms. The van der Waals surface area contributed by atoms with Crippen LogP contribution in [0.2, 0.25) is 15.1 Å². The van der Waals surface area contributed by atoms with Crippen molar-refractivity contribution in [3.05, 3.63) is 57.5 Å². The van der Waals surface area contributed by atoms with Gasteiger partial charge in [0.25, 0.3) is 0 Å². The van der Waals surface area contributed by atoms with Crippen LogP contribution in [0.4, 0.5) is 0 Å². The number of rotatable bonds is 5. The van der Waals surface area contributed by atoms with Gasteiger partial charge in [0, 0.05) is 6.92 Å². The first-order valence-corrected chi connectivity index (χ1v) is 7.66. The highest BCUT2D eigenvalue weighted by Crippen LogP contribution is 2.39. The number of para-hydroxylation sites is 1. The minimum atomic E-state index is -1.75. The van der Waals surface area contributed by atoms with Crippen LogP contribution in [0.1, 0.15) is 6.92 Å². The lowest BCUT2D eigenvalue weighted by atomic mass is 10.2. The highest BCUT2D eigenvalue weighted by Gasteiger charge is 2.41. The Morgan fingerprint density at radius 3 is 2.22 bits per heavy atom. The van der Waals surface area contributed by atoms with E-state index in [1.807, 2.05) is 6.07 Å². The number of hydrogen-bond acceptors (Lipinski definition) is 4. The van der Waals surface area contributed by atoms with E-state index in [2.05, 4.69) is 0 Å². The number of methoxy groups -OCH3 is 1. The summed E-state index contributed by atoms with van der Waals surface area (Å²) in [7, 11) is 1.23. The van der Waals surface area contributed by atoms with E-state index in [-0.39, 0.29) is 20.8 Å². The fourth-order valence-corrected chi connectivity index (χ4v) is 2.37. The van der Waals surface area contributed by atoms with Crippen molar-refractivity contribution in [1.82, 2.24) is 0 Å². The third kappa shape index (κ3) is 4.02.